The van der Waals surface area contributed by atoms with Gasteiger partial charge < -0.3 is 14.5 Å². The first-order valence-electron chi connectivity index (χ1n) is 7.19. The summed E-state index contributed by atoms with van der Waals surface area (Å²) in [5, 5.41) is 2.50. The topological polar surface area (TPSA) is 51.5 Å². The Kier molecular flexibility index (Phi) is 5.50. The standard InChI is InChI=1S/C17H20ClNO3/c1-11-4-5-12(2)16(10-11)21-9-8-19-17(20)15-7-6-14(22-15)13(3)18/h4-7,10,13H,8-9H2,1-3H3,(H,19,20). The van der Waals surface area contributed by atoms with E-state index in [9.17, 15) is 4.79 Å². The summed E-state index contributed by atoms with van der Waals surface area (Å²) in [7, 11) is 0. The van der Waals surface area contributed by atoms with Crippen LogP contribution in [-0.4, -0.2) is 19.1 Å². The Bertz CT molecular complexity index is 649. The van der Waals surface area contributed by atoms with Crippen LogP contribution >= 0.6 is 11.6 Å². The van der Waals surface area contributed by atoms with Crippen molar-refractivity contribution in [2.45, 2.75) is 26.1 Å². The molecule has 1 unspecified atom stereocenters. The van der Waals surface area contributed by atoms with Gasteiger partial charge in [0.05, 0.1) is 11.9 Å². The van der Waals surface area contributed by atoms with Gasteiger partial charge in [0, 0.05) is 0 Å². The Morgan fingerprint density at radius 2 is 2.09 bits per heavy atom. The average molecular weight is 322 g/mol. The van der Waals surface area contributed by atoms with Gasteiger partial charge in [0.1, 0.15) is 18.1 Å². The zero-order valence-corrected chi connectivity index (χ0v) is 13.7. The molecule has 0 fully saturated rings. The number of carbonyl (C=O) groups is 1. The third-order valence-electron chi connectivity index (χ3n) is 3.23. The lowest BCUT2D eigenvalue weighted by Crippen LogP contribution is -2.27. The third-order valence-corrected chi connectivity index (χ3v) is 3.45. The van der Waals surface area contributed by atoms with Gasteiger partial charge in [-0.25, -0.2) is 0 Å². The van der Waals surface area contributed by atoms with E-state index >= 15 is 0 Å². The van der Waals surface area contributed by atoms with E-state index < -0.39 is 0 Å². The number of alkyl halides is 1. The van der Waals surface area contributed by atoms with Crippen molar-refractivity contribution >= 4 is 17.5 Å². The number of amides is 1. The summed E-state index contributed by atoms with van der Waals surface area (Å²) in [6, 6.07) is 9.36. The third kappa shape index (κ3) is 4.28. The van der Waals surface area contributed by atoms with Crippen molar-refractivity contribution in [1.82, 2.24) is 5.32 Å². The predicted octanol–water partition coefficient (Wildman–Crippen LogP) is 4.01. The van der Waals surface area contributed by atoms with Crippen LogP contribution in [0.3, 0.4) is 0 Å². The summed E-state index contributed by atoms with van der Waals surface area (Å²) >= 11 is 5.90. The van der Waals surface area contributed by atoms with Crippen LogP contribution in [0.4, 0.5) is 0 Å². The molecule has 0 bridgehead atoms. The number of halogens is 1. The van der Waals surface area contributed by atoms with Crippen LogP contribution < -0.4 is 10.1 Å². The molecule has 1 N–H and O–H groups in total. The molecule has 1 aromatic heterocycles. The maximum Gasteiger partial charge on any atom is 0.287 e. The molecule has 4 nitrogen and oxygen atoms in total. The molecule has 0 aliphatic heterocycles. The molecule has 2 aromatic rings. The minimum atomic E-state index is -0.270. The highest BCUT2D eigenvalue weighted by molar-refractivity contribution is 6.20. The molecular weight excluding hydrogens is 302 g/mol. The fraction of sp³-hybridized carbons (Fsp3) is 0.353. The molecule has 0 aliphatic rings. The summed E-state index contributed by atoms with van der Waals surface area (Å²) in [5.74, 6) is 1.41. The number of hydrogen-bond donors (Lipinski definition) is 1. The molecular formula is C17H20ClNO3. The molecule has 2 rings (SSSR count). The number of nitrogens with one attached hydrogen (secondary N) is 1. The summed E-state index contributed by atoms with van der Waals surface area (Å²) in [5.41, 5.74) is 2.21. The monoisotopic (exact) mass is 321 g/mol. The molecule has 0 saturated carbocycles. The molecule has 1 heterocycles. The largest absolute Gasteiger partial charge is 0.491 e. The zero-order valence-electron chi connectivity index (χ0n) is 13.0. The molecule has 22 heavy (non-hydrogen) atoms. The lowest BCUT2D eigenvalue weighted by Gasteiger charge is -2.10. The SMILES string of the molecule is Cc1ccc(C)c(OCCNC(=O)c2ccc(C(C)Cl)o2)c1. The second-order valence-corrected chi connectivity index (χ2v) is 5.85. The van der Waals surface area contributed by atoms with Crippen molar-refractivity contribution in [3.63, 3.8) is 0 Å². The van der Waals surface area contributed by atoms with Gasteiger partial charge in [0.2, 0.25) is 0 Å². The van der Waals surface area contributed by atoms with Crippen molar-refractivity contribution in [3.05, 3.63) is 53.0 Å². The van der Waals surface area contributed by atoms with Crippen LogP contribution in [0.1, 0.15) is 39.7 Å². The first-order chi connectivity index (χ1) is 10.5. The molecule has 1 atom stereocenters. The van der Waals surface area contributed by atoms with E-state index in [0.29, 0.717) is 18.9 Å². The van der Waals surface area contributed by atoms with Gasteiger partial charge in [0.15, 0.2) is 5.76 Å². The smallest absolute Gasteiger partial charge is 0.287 e. The highest BCUT2D eigenvalue weighted by Gasteiger charge is 2.13. The number of furan rings is 1. The Balaban J connectivity index is 1.80. The number of aryl methyl sites for hydroxylation is 2. The maximum atomic E-state index is 11.9. The van der Waals surface area contributed by atoms with Gasteiger partial charge in [0.25, 0.3) is 5.91 Å². The Hall–Kier alpha value is -1.94. The Morgan fingerprint density at radius 3 is 2.77 bits per heavy atom. The van der Waals surface area contributed by atoms with Crippen molar-refractivity contribution in [1.29, 1.82) is 0 Å². The number of carbonyl (C=O) groups excluding carboxylic acids is 1. The lowest BCUT2D eigenvalue weighted by atomic mass is 10.1. The van der Waals surface area contributed by atoms with Gasteiger partial charge >= 0.3 is 0 Å². The van der Waals surface area contributed by atoms with E-state index in [1.165, 1.54) is 0 Å². The van der Waals surface area contributed by atoms with Gasteiger partial charge in [-0.05, 0) is 50.1 Å². The second kappa shape index (κ2) is 7.36. The molecule has 0 spiro atoms. The summed E-state index contributed by atoms with van der Waals surface area (Å²) in [4.78, 5) is 11.9. The fourth-order valence-electron chi connectivity index (χ4n) is 1.96. The van der Waals surface area contributed by atoms with E-state index in [1.54, 1.807) is 19.1 Å². The van der Waals surface area contributed by atoms with Crippen LogP contribution in [0, 0.1) is 13.8 Å². The average Bonchev–Trinajstić information content (AvgIpc) is 2.97. The van der Waals surface area contributed by atoms with Gasteiger partial charge in [-0.2, -0.15) is 0 Å². The molecule has 0 aliphatic carbocycles. The molecule has 118 valence electrons. The molecule has 0 saturated heterocycles. The molecule has 1 aromatic carbocycles. The zero-order chi connectivity index (χ0) is 16.1. The number of benzene rings is 1. The highest BCUT2D eigenvalue weighted by atomic mass is 35.5. The van der Waals surface area contributed by atoms with Crippen molar-refractivity contribution in [2.75, 3.05) is 13.2 Å². The van der Waals surface area contributed by atoms with Crippen LogP contribution in [0.5, 0.6) is 5.75 Å². The first kappa shape index (κ1) is 16.4. The van der Waals surface area contributed by atoms with Gasteiger partial charge in [-0.1, -0.05) is 12.1 Å². The Morgan fingerprint density at radius 1 is 1.32 bits per heavy atom. The number of rotatable bonds is 6. The minimum Gasteiger partial charge on any atom is -0.491 e. The number of ether oxygens (including phenoxy) is 1. The normalized spacial score (nSPS) is 12.0. The first-order valence-corrected chi connectivity index (χ1v) is 7.63. The van der Waals surface area contributed by atoms with E-state index in [0.717, 1.165) is 16.9 Å². The Labute approximate surface area is 135 Å². The van der Waals surface area contributed by atoms with Crippen LogP contribution in [0.25, 0.3) is 0 Å². The van der Waals surface area contributed by atoms with E-state index in [-0.39, 0.29) is 17.0 Å². The maximum absolute atomic E-state index is 11.9. The second-order valence-electron chi connectivity index (χ2n) is 5.19. The molecule has 1 amide bonds. The van der Waals surface area contributed by atoms with Crippen LogP contribution in [-0.2, 0) is 0 Å². The summed E-state index contributed by atoms with van der Waals surface area (Å²) in [6.45, 7) is 6.60. The predicted molar refractivity (Wildman–Crippen MR) is 86.7 cm³/mol. The quantitative estimate of drug-likeness (QED) is 0.646. The number of hydrogen-bond acceptors (Lipinski definition) is 3. The minimum absolute atomic E-state index is 0.255. The summed E-state index contributed by atoms with van der Waals surface area (Å²) in [6.07, 6.45) is 0. The molecule has 5 heteroatoms. The lowest BCUT2D eigenvalue weighted by molar-refractivity contribution is 0.0917. The highest BCUT2D eigenvalue weighted by Crippen LogP contribution is 2.21. The van der Waals surface area contributed by atoms with Crippen LogP contribution in [0.2, 0.25) is 0 Å². The molecule has 0 radical (unpaired) electrons. The van der Waals surface area contributed by atoms with Gasteiger partial charge in [-0.3, -0.25) is 4.79 Å². The van der Waals surface area contributed by atoms with E-state index in [4.69, 9.17) is 20.8 Å². The van der Waals surface area contributed by atoms with E-state index in [2.05, 4.69) is 5.32 Å². The van der Waals surface area contributed by atoms with E-state index in [1.807, 2.05) is 32.0 Å². The summed E-state index contributed by atoms with van der Waals surface area (Å²) < 4.78 is 11.1. The fourth-order valence-corrected chi connectivity index (χ4v) is 2.08. The van der Waals surface area contributed by atoms with Crippen LogP contribution in [0.15, 0.2) is 34.7 Å². The van der Waals surface area contributed by atoms with Crippen molar-refractivity contribution in [3.8, 4) is 5.75 Å². The van der Waals surface area contributed by atoms with Gasteiger partial charge in [-0.15, -0.1) is 11.6 Å². The van der Waals surface area contributed by atoms with Crippen molar-refractivity contribution in [2.24, 2.45) is 0 Å². The van der Waals surface area contributed by atoms with Crippen molar-refractivity contribution < 1.29 is 13.9 Å².